The maximum Gasteiger partial charge on any atom is 0.445 e. The summed E-state index contributed by atoms with van der Waals surface area (Å²) in [5, 5.41) is 4.97. The maximum absolute atomic E-state index is 12.9. The van der Waals surface area contributed by atoms with E-state index in [9.17, 15) is 26.4 Å². The van der Waals surface area contributed by atoms with E-state index in [1.54, 1.807) is 12.1 Å². The fourth-order valence-electron chi connectivity index (χ4n) is 2.42. The quantitative estimate of drug-likeness (QED) is 0.500. The van der Waals surface area contributed by atoms with Crippen molar-refractivity contribution in [2.24, 2.45) is 0 Å². The van der Waals surface area contributed by atoms with Crippen molar-refractivity contribution in [1.82, 2.24) is 20.2 Å². The zero-order valence-corrected chi connectivity index (χ0v) is 18.3. The van der Waals surface area contributed by atoms with Gasteiger partial charge in [0.1, 0.15) is 10.8 Å². The van der Waals surface area contributed by atoms with Crippen molar-refractivity contribution in [3.63, 3.8) is 0 Å². The van der Waals surface area contributed by atoms with Gasteiger partial charge < -0.3 is 0 Å². The van der Waals surface area contributed by atoms with Crippen LogP contribution in [0.15, 0.2) is 35.4 Å². The lowest BCUT2D eigenvalue weighted by atomic mass is 10.1. The second-order valence-electron chi connectivity index (χ2n) is 6.07. The van der Waals surface area contributed by atoms with Crippen LogP contribution in [-0.2, 0) is 16.0 Å². The van der Waals surface area contributed by atoms with Crippen molar-refractivity contribution < 1.29 is 26.4 Å². The second kappa shape index (κ2) is 8.48. The van der Waals surface area contributed by atoms with Crippen LogP contribution in [0, 0.1) is 0 Å². The van der Waals surface area contributed by atoms with Crippen LogP contribution in [0.5, 0.6) is 0 Å². The molecule has 0 bridgehead atoms. The number of pyridine rings is 2. The van der Waals surface area contributed by atoms with E-state index in [-0.39, 0.29) is 32.3 Å². The second-order valence-corrected chi connectivity index (χ2v) is 9.66. The van der Waals surface area contributed by atoms with Gasteiger partial charge in [-0.3, -0.25) is 9.69 Å². The Morgan fingerprint density at radius 3 is 2.55 bits per heavy atom. The Hall–Kier alpha value is -2.64. The maximum atomic E-state index is 12.9. The fraction of sp³-hybridized carbons (Fsp3) is 0.235. The van der Waals surface area contributed by atoms with Crippen LogP contribution in [0.4, 0.5) is 18.3 Å². The summed E-state index contributed by atoms with van der Waals surface area (Å²) in [6.45, 7) is 1.39. The van der Waals surface area contributed by atoms with E-state index in [0.29, 0.717) is 11.3 Å². The lowest BCUT2D eigenvalue weighted by Crippen LogP contribution is -2.29. The Balaban J connectivity index is 2.07. The molecule has 14 heteroatoms. The minimum absolute atomic E-state index is 0.148. The first-order chi connectivity index (χ1) is 14.4. The van der Waals surface area contributed by atoms with Gasteiger partial charge in [0.2, 0.25) is 10.1 Å². The normalized spacial score (nSPS) is 12.1. The van der Waals surface area contributed by atoms with Gasteiger partial charge in [-0.15, -0.1) is 10.2 Å². The highest BCUT2D eigenvalue weighted by molar-refractivity contribution is 7.91. The Morgan fingerprint density at radius 1 is 1.26 bits per heavy atom. The predicted octanol–water partition coefficient (Wildman–Crippen LogP) is 3.74. The topological polar surface area (TPSA) is 106 Å². The van der Waals surface area contributed by atoms with Crippen LogP contribution in [0.3, 0.4) is 0 Å². The molecule has 3 rings (SSSR count). The molecule has 0 aliphatic rings. The summed E-state index contributed by atoms with van der Waals surface area (Å²) in [4.78, 5) is 21.4. The number of hydrogen-bond acceptors (Lipinski definition) is 8. The van der Waals surface area contributed by atoms with Crippen molar-refractivity contribution in [1.29, 1.82) is 0 Å². The molecule has 0 spiro atoms. The number of sulfone groups is 1. The van der Waals surface area contributed by atoms with Crippen molar-refractivity contribution in [3.05, 3.63) is 46.3 Å². The summed E-state index contributed by atoms with van der Waals surface area (Å²) >= 11 is 6.02. The van der Waals surface area contributed by atoms with Crippen molar-refractivity contribution in [2.45, 2.75) is 18.0 Å². The first-order valence-corrected chi connectivity index (χ1v) is 11.3. The molecule has 0 atom stereocenters. The summed E-state index contributed by atoms with van der Waals surface area (Å²) in [5.41, 5.74) is 0.168. The van der Waals surface area contributed by atoms with Gasteiger partial charge in [0.05, 0.1) is 16.3 Å². The standard InChI is InChI=1S/C17H13ClF3N5O3S2/c1-3-31(28,29)11-7-9(10-5-4-6-12(18)23-10)8-22-13(11)14(27)26(2)16-25-24-15(30-16)17(19,20)21/h4-8H,3H2,1-2H3. The molecule has 3 heterocycles. The predicted molar refractivity (Wildman–Crippen MR) is 108 cm³/mol. The van der Waals surface area contributed by atoms with Crippen molar-refractivity contribution in [3.8, 4) is 11.3 Å². The Morgan fingerprint density at radius 2 is 1.97 bits per heavy atom. The fourth-order valence-corrected chi connectivity index (χ4v) is 4.31. The third-order valence-electron chi connectivity index (χ3n) is 4.03. The number of nitrogens with zero attached hydrogens (tertiary/aromatic N) is 5. The number of hydrogen-bond donors (Lipinski definition) is 0. The number of rotatable bonds is 5. The number of aromatic nitrogens is 4. The highest BCUT2D eigenvalue weighted by atomic mass is 35.5. The van der Waals surface area contributed by atoms with Gasteiger partial charge in [0.15, 0.2) is 9.84 Å². The Labute approximate surface area is 183 Å². The third-order valence-corrected chi connectivity index (χ3v) is 7.03. The molecule has 0 N–H and O–H groups in total. The molecule has 0 fully saturated rings. The number of alkyl halides is 3. The summed E-state index contributed by atoms with van der Waals surface area (Å²) in [6.07, 6.45) is -3.49. The molecule has 1 amide bonds. The SMILES string of the molecule is CCS(=O)(=O)c1cc(-c2cccc(Cl)n2)cnc1C(=O)N(C)c1nnc(C(F)(F)F)s1. The summed E-state index contributed by atoms with van der Waals surface area (Å²) in [5.74, 6) is -1.29. The van der Waals surface area contributed by atoms with Gasteiger partial charge in [0, 0.05) is 18.8 Å². The van der Waals surface area contributed by atoms with Crippen LogP contribution in [-0.4, -0.2) is 47.3 Å². The largest absolute Gasteiger partial charge is 0.445 e. The average molecular weight is 492 g/mol. The van der Waals surface area contributed by atoms with E-state index in [0.717, 1.165) is 11.9 Å². The van der Waals surface area contributed by atoms with Crippen LogP contribution >= 0.6 is 22.9 Å². The average Bonchev–Trinajstić information content (AvgIpc) is 3.23. The smallest absolute Gasteiger partial charge is 0.284 e. The first kappa shape index (κ1) is 23.0. The van der Waals surface area contributed by atoms with E-state index >= 15 is 0 Å². The highest BCUT2D eigenvalue weighted by Gasteiger charge is 2.37. The molecule has 3 aromatic heterocycles. The number of carbonyl (C=O) groups is 1. The molecular weight excluding hydrogens is 479 g/mol. The lowest BCUT2D eigenvalue weighted by Gasteiger charge is -2.16. The van der Waals surface area contributed by atoms with Gasteiger partial charge in [-0.05, 0) is 18.2 Å². The zero-order valence-electron chi connectivity index (χ0n) is 15.9. The molecule has 8 nitrogen and oxygen atoms in total. The molecule has 0 aliphatic heterocycles. The van der Waals surface area contributed by atoms with E-state index in [2.05, 4.69) is 20.2 Å². The molecule has 0 aromatic carbocycles. The van der Waals surface area contributed by atoms with Gasteiger partial charge in [-0.2, -0.15) is 13.2 Å². The molecule has 31 heavy (non-hydrogen) atoms. The molecule has 164 valence electrons. The minimum atomic E-state index is -4.72. The monoisotopic (exact) mass is 491 g/mol. The summed E-state index contributed by atoms with van der Waals surface area (Å²) < 4.78 is 63.6. The van der Waals surface area contributed by atoms with E-state index < -0.39 is 32.6 Å². The summed E-state index contributed by atoms with van der Waals surface area (Å²) in [6, 6.07) is 5.96. The van der Waals surface area contributed by atoms with Crippen LogP contribution < -0.4 is 4.90 Å². The van der Waals surface area contributed by atoms with E-state index in [1.807, 2.05) is 0 Å². The number of amides is 1. The number of carbonyl (C=O) groups excluding carboxylic acids is 1. The number of anilines is 1. The van der Waals surface area contributed by atoms with E-state index in [1.165, 1.54) is 25.3 Å². The molecule has 0 radical (unpaired) electrons. The molecule has 0 aliphatic carbocycles. The molecule has 0 unspecified atom stereocenters. The van der Waals surface area contributed by atoms with Crippen LogP contribution in [0.2, 0.25) is 5.15 Å². The van der Waals surface area contributed by atoms with Gasteiger partial charge in [-0.1, -0.05) is 35.9 Å². The molecule has 0 saturated heterocycles. The summed E-state index contributed by atoms with van der Waals surface area (Å²) in [7, 11) is -2.78. The van der Waals surface area contributed by atoms with Gasteiger partial charge >= 0.3 is 6.18 Å². The zero-order chi connectivity index (χ0) is 23.0. The number of halogens is 4. The highest BCUT2D eigenvalue weighted by Crippen LogP contribution is 2.34. The Kier molecular flexibility index (Phi) is 6.30. The molecule has 0 saturated carbocycles. The Bertz CT molecular complexity index is 1250. The molecular formula is C17H13ClF3N5O3S2. The van der Waals surface area contributed by atoms with Crippen molar-refractivity contribution in [2.75, 3.05) is 17.7 Å². The van der Waals surface area contributed by atoms with Crippen LogP contribution in [0.1, 0.15) is 22.4 Å². The van der Waals surface area contributed by atoms with Gasteiger partial charge in [0.25, 0.3) is 5.91 Å². The minimum Gasteiger partial charge on any atom is -0.284 e. The van der Waals surface area contributed by atoms with E-state index in [4.69, 9.17) is 11.6 Å². The first-order valence-electron chi connectivity index (χ1n) is 8.48. The molecule has 3 aromatic rings. The third kappa shape index (κ3) is 4.83. The lowest BCUT2D eigenvalue weighted by molar-refractivity contribution is -0.138. The van der Waals surface area contributed by atoms with Crippen molar-refractivity contribution >= 4 is 43.8 Å². The van der Waals surface area contributed by atoms with Crippen LogP contribution in [0.25, 0.3) is 11.3 Å². The van der Waals surface area contributed by atoms with Gasteiger partial charge in [-0.25, -0.2) is 18.4 Å².